The van der Waals surface area contributed by atoms with Crippen LogP contribution in [-0.2, 0) is 82.1 Å². The SMILES string of the molecule is COC(=O)[C@H](CNC(=O)c1ccc2c(CNc3nccn3C(c3ccccc3)(c3ccccc3)c3ccccc3)nn(C)c2c1)NS(=O)(=O)c1ccc(-c2ccc(S(=O)(=O)NCCNC(=O)CN3CCN(CC(=O)OC(C)(C)C)CCN(CC(=O)OC(C)(C)C)CCN(CC(=O)OC(C)(C)C)CC3)cc2)cc1. The Bertz CT molecular complexity index is 4440. The summed E-state index contributed by atoms with van der Waals surface area (Å²) in [5.74, 6) is -2.62. The number of aromatic nitrogens is 4. The maximum Gasteiger partial charge on any atom is 0.325 e. The maximum absolute atomic E-state index is 13.9. The lowest BCUT2D eigenvalue weighted by molar-refractivity contribution is -0.158. The number of methoxy groups -OCH3 is 1. The maximum atomic E-state index is 13.9. The van der Waals surface area contributed by atoms with E-state index in [9.17, 15) is 45.6 Å². The third-order valence-electron chi connectivity index (χ3n) is 17.4. The Labute approximate surface area is 626 Å². The van der Waals surface area contributed by atoms with Crippen molar-refractivity contribution in [3.05, 3.63) is 198 Å². The quantitative estimate of drug-likeness (QED) is 0.0146. The zero-order chi connectivity index (χ0) is 77.3. The summed E-state index contributed by atoms with van der Waals surface area (Å²) in [6, 6.07) is 45.9. The fourth-order valence-corrected chi connectivity index (χ4v) is 14.8. The summed E-state index contributed by atoms with van der Waals surface area (Å²) in [7, 11) is -5.62. The smallest absolute Gasteiger partial charge is 0.325 e. The second kappa shape index (κ2) is 35.8. The summed E-state index contributed by atoms with van der Waals surface area (Å²) in [6.07, 6.45) is 3.72. The molecule has 0 bridgehead atoms. The number of carbonyl (C=O) groups is 6. The second-order valence-electron chi connectivity index (χ2n) is 29.2. The Morgan fingerprint density at radius 3 is 1.38 bits per heavy atom. The predicted octanol–water partition coefficient (Wildman–Crippen LogP) is 6.78. The van der Waals surface area contributed by atoms with Crippen LogP contribution in [0.5, 0.6) is 0 Å². The van der Waals surface area contributed by atoms with E-state index in [1.807, 2.05) is 80.4 Å². The first kappa shape index (κ1) is 81.4. The van der Waals surface area contributed by atoms with Crippen molar-refractivity contribution in [1.82, 2.24) is 59.0 Å². The number of hydrogen-bond acceptors (Lipinski definition) is 21. The fourth-order valence-electron chi connectivity index (χ4n) is 12.6. The lowest BCUT2D eigenvalue weighted by Crippen LogP contribution is -2.50. The van der Waals surface area contributed by atoms with Gasteiger partial charge in [-0.05, 0) is 127 Å². The van der Waals surface area contributed by atoms with Crippen molar-refractivity contribution in [1.29, 1.82) is 0 Å². The van der Waals surface area contributed by atoms with Crippen LogP contribution in [0.25, 0.3) is 22.0 Å². The summed E-state index contributed by atoms with van der Waals surface area (Å²) < 4.78 is 85.5. The molecule has 1 saturated heterocycles. The Morgan fingerprint density at radius 2 is 0.953 bits per heavy atom. The highest BCUT2D eigenvalue weighted by atomic mass is 32.2. The number of esters is 4. The van der Waals surface area contributed by atoms with Gasteiger partial charge in [-0.3, -0.25) is 57.6 Å². The molecule has 0 spiro atoms. The molecule has 0 aliphatic carbocycles. The zero-order valence-electron chi connectivity index (χ0n) is 62.7. The van der Waals surface area contributed by atoms with Crippen molar-refractivity contribution < 1.29 is 64.6 Å². The van der Waals surface area contributed by atoms with Crippen LogP contribution in [0.1, 0.15) is 95.1 Å². The first-order valence-corrected chi connectivity index (χ1v) is 38.5. The monoisotopic (exact) mass is 1510 g/mol. The van der Waals surface area contributed by atoms with Crippen molar-refractivity contribution >= 4 is 72.6 Å². The van der Waals surface area contributed by atoms with Crippen LogP contribution < -0.4 is 25.4 Å². The molecule has 0 saturated carbocycles. The number of imidazole rings is 1. The number of fused-ring (bicyclic) bond motifs is 1. The predicted molar refractivity (Wildman–Crippen MR) is 407 cm³/mol. The molecule has 29 heteroatoms. The highest BCUT2D eigenvalue weighted by Crippen LogP contribution is 2.42. The summed E-state index contributed by atoms with van der Waals surface area (Å²) in [5, 5.41) is 14.6. The van der Waals surface area contributed by atoms with E-state index in [1.54, 1.807) is 111 Å². The summed E-state index contributed by atoms with van der Waals surface area (Å²) >= 11 is 0. The molecule has 0 unspecified atom stereocenters. The third-order valence-corrected chi connectivity index (χ3v) is 20.4. The Kier molecular flexibility index (Phi) is 27.2. The molecule has 107 heavy (non-hydrogen) atoms. The normalized spacial score (nSPS) is 14.8. The number of nitrogens with zero attached hydrogens (tertiary/aromatic N) is 8. The van der Waals surface area contributed by atoms with Crippen molar-refractivity contribution in [3.63, 3.8) is 0 Å². The van der Waals surface area contributed by atoms with Crippen molar-refractivity contribution in [3.8, 4) is 11.1 Å². The van der Waals surface area contributed by atoms with Gasteiger partial charge in [0.15, 0.2) is 0 Å². The molecule has 5 N–H and O–H groups in total. The number of benzene rings is 6. The van der Waals surface area contributed by atoms with E-state index in [2.05, 4.69) is 66.4 Å². The first-order chi connectivity index (χ1) is 50.7. The molecule has 2 aromatic heterocycles. The highest BCUT2D eigenvalue weighted by Gasteiger charge is 2.40. The van der Waals surface area contributed by atoms with Crippen LogP contribution in [0.3, 0.4) is 0 Å². The van der Waals surface area contributed by atoms with E-state index in [0.29, 0.717) is 80.6 Å². The number of anilines is 1. The summed E-state index contributed by atoms with van der Waals surface area (Å²) in [5.41, 5.74) is 2.75. The molecule has 1 aliphatic rings. The standard InChI is InChI=1S/C78H99N13O14S2/c1-75(2,3)103-69(93)53-88-43-41-87(42-44-89(54-70(94)104-76(4,5)6)46-48-90(47-45-88)55-71(95)105-77(7,8)9)52-68(92)79-37-38-83-106(98,99)62-32-27-56(28-33-62)57-29-34-63(35-30-57)107(100,101)85-66(73(97)102-11)51-81-72(96)58-31-36-64-65(84-86(10)67(64)49-58)50-82-74-80-39-40-91(74)78(59-21-15-12-16-22-59,60-23-17-13-18-24-60)61-25-19-14-20-26-61/h12-36,39-40,49,66,83,85H,37-38,41-48,50-55H2,1-11H3,(H,79,92)(H,80,82)(H,81,96)/t66-/m0/s1. The molecular weight excluding hydrogens is 1410 g/mol. The van der Waals surface area contributed by atoms with Gasteiger partial charge >= 0.3 is 23.9 Å². The zero-order valence-corrected chi connectivity index (χ0v) is 64.3. The van der Waals surface area contributed by atoms with Gasteiger partial charge in [-0.15, -0.1) is 0 Å². The lowest BCUT2D eigenvalue weighted by Gasteiger charge is -2.38. The van der Waals surface area contributed by atoms with Crippen molar-refractivity contribution in [2.24, 2.45) is 7.05 Å². The summed E-state index contributed by atoms with van der Waals surface area (Å²) in [4.78, 5) is 92.2. The highest BCUT2D eigenvalue weighted by molar-refractivity contribution is 7.89. The largest absolute Gasteiger partial charge is 0.468 e. The van der Waals surface area contributed by atoms with E-state index < -0.39 is 90.7 Å². The molecule has 0 radical (unpaired) electrons. The van der Waals surface area contributed by atoms with Gasteiger partial charge in [-0.25, -0.2) is 26.5 Å². The average Bonchev–Trinajstić information content (AvgIpc) is 1.72. The fraction of sp³-hybridized carbons (Fsp3) is 0.410. The Hall–Kier alpha value is -9.72. The molecule has 1 fully saturated rings. The van der Waals surface area contributed by atoms with E-state index in [0.717, 1.165) is 29.2 Å². The molecule has 8 aromatic rings. The number of carbonyl (C=O) groups excluding carboxylic acids is 6. The number of aryl methyl sites for hydroxylation is 1. The third kappa shape index (κ3) is 22.9. The number of amides is 2. The first-order valence-electron chi connectivity index (χ1n) is 35.5. The molecule has 27 nitrogen and oxygen atoms in total. The molecule has 9 rings (SSSR count). The van der Waals surface area contributed by atoms with E-state index in [1.165, 1.54) is 36.4 Å². The molecule has 6 aromatic carbocycles. The Morgan fingerprint density at radius 1 is 0.523 bits per heavy atom. The van der Waals surface area contributed by atoms with Gasteiger partial charge in [0.25, 0.3) is 5.91 Å². The van der Waals surface area contributed by atoms with Gasteiger partial charge in [0, 0.05) is 102 Å². The Balaban J connectivity index is 0.779. The van der Waals surface area contributed by atoms with Crippen LogP contribution in [0.2, 0.25) is 0 Å². The van der Waals surface area contributed by atoms with E-state index in [-0.39, 0.29) is 61.2 Å². The van der Waals surface area contributed by atoms with Gasteiger partial charge in [-0.2, -0.15) is 9.82 Å². The van der Waals surface area contributed by atoms with Crippen LogP contribution in [0, 0.1) is 0 Å². The number of sulfonamides is 2. The average molecular weight is 1510 g/mol. The van der Waals surface area contributed by atoms with Gasteiger partial charge in [-0.1, -0.05) is 121 Å². The molecular formula is C78H99N13O14S2. The van der Waals surface area contributed by atoms with Crippen molar-refractivity contribution in [2.45, 2.75) is 107 Å². The van der Waals surface area contributed by atoms with Crippen LogP contribution in [0.4, 0.5) is 5.95 Å². The number of ether oxygens (including phenoxy) is 4. The number of nitrogens with one attached hydrogen (secondary N) is 5. The lowest BCUT2D eigenvalue weighted by atomic mass is 9.76. The second-order valence-corrected chi connectivity index (χ2v) is 32.6. The topological polar surface area (TPSA) is 316 Å². The molecule has 1 atom stereocenters. The minimum atomic E-state index is -4.41. The molecule has 1 aliphatic heterocycles. The van der Waals surface area contributed by atoms with Crippen LogP contribution >= 0.6 is 0 Å². The minimum absolute atomic E-state index is 0.0184. The van der Waals surface area contributed by atoms with E-state index >= 15 is 0 Å². The van der Waals surface area contributed by atoms with E-state index in [4.69, 9.17) is 29.0 Å². The number of rotatable bonds is 28. The van der Waals surface area contributed by atoms with Gasteiger partial charge in [0.05, 0.1) is 60.8 Å². The van der Waals surface area contributed by atoms with Crippen molar-refractivity contribution in [2.75, 3.05) is 111 Å². The number of hydrogen-bond donors (Lipinski definition) is 5. The molecule has 2 amide bonds. The summed E-state index contributed by atoms with van der Waals surface area (Å²) in [6.45, 7) is 18.2. The van der Waals surface area contributed by atoms with Crippen LogP contribution in [0.15, 0.2) is 180 Å². The molecule has 3 heterocycles. The minimum Gasteiger partial charge on any atom is -0.468 e. The molecule has 572 valence electrons. The van der Waals surface area contributed by atoms with Gasteiger partial charge < -0.3 is 34.9 Å². The van der Waals surface area contributed by atoms with Gasteiger partial charge in [0.2, 0.25) is 31.9 Å². The van der Waals surface area contributed by atoms with Crippen LogP contribution in [-0.4, -0.2) is 220 Å². The van der Waals surface area contributed by atoms with Gasteiger partial charge in [0.1, 0.15) is 28.4 Å².